The minimum absolute atomic E-state index is 0. The Kier molecular flexibility index (Phi) is 21.2. The zero-order chi connectivity index (χ0) is 19.4. The molecule has 0 radical (unpaired) electrons. The van der Waals surface area contributed by atoms with Crippen LogP contribution in [0.1, 0.15) is 122 Å². The fourth-order valence-corrected chi connectivity index (χ4v) is 4.00. The molecule has 2 rings (SSSR count). The Labute approximate surface area is 185 Å². The Bertz CT molecular complexity index is 393. The van der Waals surface area contributed by atoms with E-state index >= 15 is 0 Å². The SMILES string of the molecule is C1CCCC1.CC#CCCCCCCCC(=O)CCCOCC1CCCC1.[Fe]. The van der Waals surface area contributed by atoms with Gasteiger partial charge in [0.1, 0.15) is 5.78 Å². The maximum absolute atomic E-state index is 11.8. The molecule has 0 heterocycles. The second-order valence-corrected chi connectivity index (χ2v) is 8.33. The third-order valence-electron chi connectivity index (χ3n) is 5.76. The van der Waals surface area contributed by atoms with Crippen molar-refractivity contribution in [3.05, 3.63) is 0 Å². The number of unbranched alkanes of at least 4 members (excludes halogenated alkanes) is 5. The van der Waals surface area contributed by atoms with E-state index in [1.165, 1.54) is 83.5 Å². The van der Waals surface area contributed by atoms with Crippen molar-refractivity contribution in [3.8, 4) is 11.8 Å². The van der Waals surface area contributed by atoms with Crippen molar-refractivity contribution in [3.63, 3.8) is 0 Å². The molecule has 2 nitrogen and oxygen atoms in total. The monoisotopic (exact) mass is 432 g/mol. The Morgan fingerprint density at radius 2 is 1.39 bits per heavy atom. The fourth-order valence-electron chi connectivity index (χ4n) is 4.00. The van der Waals surface area contributed by atoms with Crippen molar-refractivity contribution in [2.24, 2.45) is 5.92 Å². The van der Waals surface area contributed by atoms with Crippen LogP contribution in [0, 0.1) is 17.8 Å². The second kappa shape index (κ2) is 21.4. The molecule has 0 aromatic rings. The van der Waals surface area contributed by atoms with Crippen LogP contribution in [0.15, 0.2) is 0 Å². The van der Waals surface area contributed by atoms with Crippen molar-refractivity contribution in [1.82, 2.24) is 0 Å². The van der Waals surface area contributed by atoms with E-state index in [9.17, 15) is 4.79 Å². The van der Waals surface area contributed by atoms with Crippen molar-refractivity contribution in [2.75, 3.05) is 13.2 Å². The Balaban J connectivity index is 0.00000105. The van der Waals surface area contributed by atoms with Crippen LogP contribution in [0.3, 0.4) is 0 Å². The van der Waals surface area contributed by atoms with Gasteiger partial charge >= 0.3 is 0 Å². The summed E-state index contributed by atoms with van der Waals surface area (Å²) in [7, 11) is 0. The molecule has 0 N–H and O–H groups in total. The summed E-state index contributed by atoms with van der Waals surface area (Å²) < 4.78 is 5.69. The normalized spacial score (nSPS) is 15.9. The van der Waals surface area contributed by atoms with Crippen LogP contribution in [0.4, 0.5) is 0 Å². The smallest absolute Gasteiger partial charge is 0.132 e. The molecule has 0 unspecified atom stereocenters. The van der Waals surface area contributed by atoms with Crippen LogP contribution in [-0.4, -0.2) is 19.0 Å². The zero-order valence-corrected chi connectivity index (χ0v) is 19.5. The third kappa shape index (κ3) is 17.8. The number of ketones is 1. The van der Waals surface area contributed by atoms with Crippen LogP contribution >= 0.6 is 0 Å². The van der Waals surface area contributed by atoms with Crippen molar-refractivity contribution in [2.45, 2.75) is 122 Å². The molecule has 0 aromatic carbocycles. The second-order valence-electron chi connectivity index (χ2n) is 8.33. The number of ether oxygens (including phenoxy) is 1. The maximum Gasteiger partial charge on any atom is 0.132 e. The number of hydrogen-bond acceptors (Lipinski definition) is 2. The summed E-state index contributed by atoms with van der Waals surface area (Å²) in [5.74, 6) is 7.23. The van der Waals surface area contributed by atoms with E-state index in [1.807, 2.05) is 6.92 Å². The molecular formula is C25H44FeO2. The van der Waals surface area contributed by atoms with Crippen LogP contribution in [-0.2, 0) is 26.6 Å². The number of Topliss-reactive ketones (excluding diaryl/α,β-unsaturated/α-hetero) is 1. The van der Waals surface area contributed by atoms with Gasteiger partial charge in [0.25, 0.3) is 0 Å². The number of rotatable bonds is 13. The molecule has 0 aromatic heterocycles. The zero-order valence-electron chi connectivity index (χ0n) is 18.4. The molecule has 2 aliphatic carbocycles. The Morgan fingerprint density at radius 3 is 2.04 bits per heavy atom. The molecule has 2 saturated carbocycles. The molecule has 0 bridgehead atoms. The van der Waals surface area contributed by atoms with Crippen molar-refractivity contribution in [1.29, 1.82) is 0 Å². The summed E-state index contributed by atoms with van der Waals surface area (Å²) in [5, 5.41) is 0. The maximum atomic E-state index is 11.8. The molecule has 28 heavy (non-hydrogen) atoms. The van der Waals surface area contributed by atoms with Gasteiger partial charge in [-0.3, -0.25) is 4.79 Å². The first-order chi connectivity index (χ1) is 13.3. The molecule has 0 atom stereocenters. The first-order valence-corrected chi connectivity index (χ1v) is 11.8. The molecule has 2 aliphatic rings. The van der Waals surface area contributed by atoms with Gasteiger partial charge in [0.15, 0.2) is 0 Å². The van der Waals surface area contributed by atoms with E-state index < -0.39 is 0 Å². The van der Waals surface area contributed by atoms with E-state index in [2.05, 4.69) is 11.8 Å². The van der Waals surface area contributed by atoms with Crippen molar-refractivity contribution >= 4 is 5.78 Å². The third-order valence-corrected chi connectivity index (χ3v) is 5.76. The number of carbonyl (C=O) groups excluding carboxylic acids is 1. The molecular weight excluding hydrogens is 388 g/mol. The summed E-state index contributed by atoms with van der Waals surface area (Å²) in [6, 6.07) is 0. The molecule has 3 heteroatoms. The van der Waals surface area contributed by atoms with E-state index in [1.54, 1.807) is 0 Å². The molecule has 0 amide bonds. The topological polar surface area (TPSA) is 26.3 Å². The summed E-state index contributed by atoms with van der Waals surface area (Å²) in [6.07, 6.45) is 22.2. The van der Waals surface area contributed by atoms with Gasteiger partial charge in [0.2, 0.25) is 0 Å². The molecule has 2 fully saturated rings. The Morgan fingerprint density at radius 1 is 0.821 bits per heavy atom. The van der Waals surface area contributed by atoms with E-state index in [4.69, 9.17) is 4.74 Å². The molecule has 0 saturated heterocycles. The van der Waals surface area contributed by atoms with Gasteiger partial charge in [-0.15, -0.1) is 11.8 Å². The average molecular weight is 432 g/mol. The van der Waals surface area contributed by atoms with E-state index in [-0.39, 0.29) is 17.1 Å². The largest absolute Gasteiger partial charge is 0.381 e. The average Bonchev–Trinajstić information content (AvgIpc) is 3.40. The quantitative estimate of drug-likeness (QED) is 0.174. The van der Waals surface area contributed by atoms with Crippen molar-refractivity contribution < 1.29 is 26.6 Å². The molecule has 164 valence electrons. The van der Waals surface area contributed by atoms with Gasteiger partial charge in [-0.25, -0.2) is 0 Å². The van der Waals surface area contributed by atoms with Gasteiger partial charge in [-0.1, -0.05) is 64.2 Å². The van der Waals surface area contributed by atoms with E-state index in [0.29, 0.717) is 12.2 Å². The number of hydrogen-bond donors (Lipinski definition) is 0. The van der Waals surface area contributed by atoms with Crippen LogP contribution < -0.4 is 0 Å². The predicted molar refractivity (Wildman–Crippen MR) is 116 cm³/mol. The fraction of sp³-hybridized carbons (Fsp3) is 0.880. The summed E-state index contributed by atoms with van der Waals surface area (Å²) in [4.78, 5) is 11.8. The van der Waals surface area contributed by atoms with Gasteiger partial charge in [-0.05, 0) is 44.9 Å². The minimum Gasteiger partial charge on any atom is -0.381 e. The van der Waals surface area contributed by atoms with Crippen LogP contribution in [0.2, 0.25) is 0 Å². The van der Waals surface area contributed by atoms with Gasteiger partial charge in [-0.2, -0.15) is 0 Å². The molecule has 0 spiro atoms. The first-order valence-electron chi connectivity index (χ1n) is 11.8. The van der Waals surface area contributed by atoms with Crippen LogP contribution in [0.5, 0.6) is 0 Å². The molecule has 0 aliphatic heterocycles. The minimum atomic E-state index is 0. The van der Waals surface area contributed by atoms with Gasteiger partial charge in [0.05, 0.1) is 0 Å². The van der Waals surface area contributed by atoms with Gasteiger partial charge < -0.3 is 4.74 Å². The summed E-state index contributed by atoms with van der Waals surface area (Å²) in [5.41, 5.74) is 0. The summed E-state index contributed by atoms with van der Waals surface area (Å²) in [6.45, 7) is 3.57. The van der Waals surface area contributed by atoms with E-state index in [0.717, 1.165) is 44.8 Å². The Hall–Kier alpha value is -0.291. The van der Waals surface area contributed by atoms with Gasteiger partial charge in [0, 0.05) is 49.5 Å². The van der Waals surface area contributed by atoms with Crippen LogP contribution in [0.25, 0.3) is 0 Å². The predicted octanol–water partition coefficient (Wildman–Crippen LogP) is 7.24. The first kappa shape index (κ1) is 27.7. The standard InChI is InChI=1S/C20H34O2.C5H10.Fe/c1-2-3-4-5-6-7-8-9-15-20(21)16-12-17-22-18-19-13-10-11-14-19;1-2-4-5-3-1;/h19H,4-18H2,1H3;1-5H2;. The number of carbonyl (C=O) groups is 1. The summed E-state index contributed by atoms with van der Waals surface area (Å²) >= 11 is 0.